The third-order valence-corrected chi connectivity index (χ3v) is 7.92. The fraction of sp³-hybridized carbons (Fsp3) is 0.857. The van der Waals surface area contributed by atoms with Gasteiger partial charge in [0, 0.05) is 32.5 Å². The van der Waals surface area contributed by atoms with Gasteiger partial charge in [-0.05, 0) is 59.3 Å². The lowest BCUT2D eigenvalue weighted by Crippen LogP contribution is -2.34. The molecule has 0 aromatic rings. The molecule has 0 aromatic carbocycles. The fourth-order valence-electron chi connectivity index (χ4n) is 3.88. The summed E-state index contributed by atoms with van der Waals surface area (Å²) in [5, 5.41) is 0. The number of nitrogens with zero attached hydrogens (tertiary/aromatic N) is 2. The van der Waals surface area contributed by atoms with Gasteiger partial charge in [-0.15, -0.1) is 0 Å². The molecule has 0 unspecified atom stereocenters. The minimum atomic E-state index is -0.683. The van der Waals surface area contributed by atoms with Crippen molar-refractivity contribution in [3.05, 3.63) is 0 Å². The van der Waals surface area contributed by atoms with Crippen molar-refractivity contribution >= 4 is 29.5 Å². The van der Waals surface area contributed by atoms with Crippen LogP contribution in [0.5, 0.6) is 0 Å². The number of likely N-dealkylation sites (N-methyl/N-ethyl adjacent to an activating group) is 2. The van der Waals surface area contributed by atoms with E-state index in [1.165, 1.54) is 9.80 Å². The van der Waals surface area contributed by atoms with Gasteiger partial charge in [0.25, 0.3) is 0 Å². The average Bonchev–Trinajstić information content (AvgIpc) is 2.94. The van der Waals surface area contributed by atoms with E-state index in [-0.39, 0.29) is 74.2 Å². The molecule has 0 fully saturated rings. The molecule has 0 bridgehead atoms. The zero-order valence-electron chi connectivity index (χ0n) is 31.0. The third kappa shape index (κ3) is 19.2. The second kappa shape index (κ2) is 20.0. The molecular formula is C35H64N2O9. The smallest absolute Gasteiger partial charge is 0.311 e. The van der Waals surface area contributed by atoms with Crippen molar-refractivity contribution in [3.8, 4) is 0 Å². The van der Waals surface area contributed by atoms with E-state index >= 15 is 0 Å². The number of carbonyl (C=O) groups is 5. The Hall–Kier alpha value is -2.53. The molecule has 0 spiro atoms. The highest BCUT2D eigenvalue weighted by atomic mass is 16.5. The average molecular weight is 657 g/mol. The van der Waals surface area contributed by atoms with Gasteiger partial charge in [-0.1, -0.05) is 34.6 Å². The Morgan fingerprint density at radius 3 is 1.39 bits per heavy atom. The number of Topliss-reactive ketones (excluding diaryl/α,β-unsaturated/α-hetero) is 1. The Kier molecular flexibility index (Phi) is 18.9. The predicted octanol–water partition coefficient (Wildman–Crippen LogP) is 5.08. The van der Waals surface area contributed by atoms with Crippen LogP contribution >= 0.6 is 0 Å². The topological polar surface area (TPSA) is 129 Å². The van der Waals surface area contributed by atoms with Crippen LogP contribution < -0.4 is 0 Å². The minimum Gasteiger partial charge on any atom is -0.463 e. The molecule has 0 radical (unpaired) electrons. The molecule has 0 aliphatic rings. The number of hydrogen-bond acceptors (Lipinski definition) is 9. The summed E-state index contributed by atoms with van der Waals surface area (Å²) in [6, 6.07) is 0. The van der Waals surface area contributed by atoms with Gasteiger partial charge in [-0.3, -0.25) is 24.0 Å². The summed E-state index contributed by atoms with van der Waals surface area (Å²) < 4.78 is 21.9. The lowest BCUT2D eigenvalue weighted by Gasteiger charge is -2.30. The zero-order chi connectivity index (χ0) is 35.8. The summed E-state index contributed by atoms with van der Waals surface area (Å²) >= 11 is 0. The number of amides is 2. The maximum Gasteiger partial charge on any atom is 0.311 e. The van der Waals surface area contributed by atoms with E-state index in [1.54, 1.807) is 34.9 Å². The maximum absolute atomic E-state index is 12.8. The van der Waals surface area contributed by atoms with Crippen molar-refractivity contribution in [3.63, 3.8) is 0 Å². The Morgan fingerprint density at radius 1 is 0.500 bits per heavy atom. The predicted molar refractivity (Wildman–Crippen MR) is 178 cm³/mol. The summed E-state index contributed by atoms with van der Waals surface area (Å²) in [6.07, 6.45) is 2.96. The van der Waals surface area contributed by atoms with E-state index in [4.69, 9.17) is 18.9 Å². The molecule has 0 heterocycles. The molecule has 46 heavy (non-hydrogen) atoms. The first-order chi connectivity index (χ1) is 21.0. The Balaban J connectivity index is 4.24. The van der Waals surface area contributed by atoms with Crippen LogP contribution in [0.4, 0.5) is 0 Å². The molecule has 0 rings (SSSR count). The maximum atomic E-state index is 12.8. The zero-order valence-corrected chi connectivity index (χ0v) is 31.0. The normalized spacial score (nSPS) is 12.4. The molecular weight excluding hydrogens is 592 g/mol. The van der Waals surface area contributed by atoms with Crippen LogP contribution in [-0.2, 0) is 42.9 Å². The molecule has 0 saturated carbocycles. The Labute approximate surface area is 278 Å². The summed E-state index contributed by atoms with van der Waals surface area (Å²) in [5.41, 5.74) is -1.73. The summed E-state index contributed by atoms with van der Waals surface area (Å²) in [4.78, 5) is 64.3. The first-order valence-corrected chi connectivity index (χ1v) is 16.5. The van der Waals surface area contributed by atoms with Gasteiger partial charge in [0.1, 0.15) is 19.0 Å². The van der Waals surface area contributed by atoms with Gasteiger partial charge >= 0.3 is 11.9 Å². The molecule has 0 aliphatic carbocycles. The second-order valence-electron chi connectivity index (χ2n) is 15.6. The van der Waals surface area contributed by atoms with Crippen LogP contribution in [0.1, 0.15) is 108 Å². The molecule has 0 N–H and O–H groups in total. The lowest BCUT2D eigenvalue weighted by atomic mass is 9.77. The Bertz CT molecular complexity index is 978. The number of carbonyl (C=O) groups excluding carboxylic acids is 5. The highest BCUT2D eigenvalue weighted by Crippen LogP contribution is 2.34. The molecule has 2 amide bonds. The van der Waals surface area contributed by atoms with Gasteiger partial charge in [-0.2, -0.15) is 0 Å². The standard InChI is InChI=1S/C35H64N2O9/c1-32(2,3)27(38)13-21-43-22-14-28(39)37(12)20-26-46-31(42)35(9,10)17-16-34(7,8)18-24-44-23-15-29(40)36(11)19-25-45-30(41)33(4,5)6/h13-26H2,1-12H3. The van der Waals surface area contributed by atoms with Crippen LogP contribution in [0.3, 0.4) is 0 Å². The summed E-state index contributed by atoms with van der Waals surface area (Å²) in [5.74, 6) is -0.660. The largest absolute Gasteiger partial charge is 0.463 e. The lowest BCUT2D eigenvalue weighted by molar-refractivity contribution is -0.156. The first kappa shape index (κ1) is 43.5. The number of esters is 2. The molecule has 0 saturated heterocycles. The van der Waals surface area contributed by atoms with Gasteiger partial charge in [0.2, 0.25) is 11.8 Å². The van der Waals surface area contributed by atoms with Crippen LogP contribution in [0.25, 0.3) is 0 Å². The summed E-state index contributed by atoms with van der Waals surface area (Å²) in [6.45, 7) is 21.2. The van der Waals surface area contributed by atoms with E-state index in [2.05, 4.69) is 13.8 Å². The number of rotatable bonds is 22. The van der Waals surface area contributed by atoms with Crippen LogP contribution in [0, 0.1) is 21.7 Å². The van der Waals surface area contributed by atoms with Gasteiger partial charge in [0.05, 0.1) is 56.6 Å². The third-order valence-electron chi connectivity index (χ3n) is 7.92. The van der Waals surface area contributed by atoms with Crippen LogP contribution in [-0.4, -0.2) is 106 Å². The quantitative estimate of drug-likeness (QED) is 0.116. The van der Waals surface area contributed by atoms with Crippen LogP contribution in [0.2, 0.25) is 0 Å². The number of ether oxygens (including phenoxy) is 4. The van der Waals surface area contributed by atoms with E-state index in [9.17, 15) is 24.0 Å². The molecule has 11 heteroatoms. The number of hydrogen-bond donors (Lipinski definition) is 0. The highest BCUT2D eigenvalue weighted by molar-refractivity contribution is 5.83. The molecule has 11 nitrogen and oxygen atoms in total. The van der Waals surface area contributed by atoms with Crippen molar-refractivity contribution in [2.45, 2.75) is 108 Å². The second-order valence-corrected chi connectivity index (χ2v) is 15.6. The molecule has 268 valence electrons. The van der Waals surface area contributed by atoms with E-state index in [0.29, 0.717) is 39.2 Å². The van der Waals surface area contributed by atoms with Crippen molar-refractivity contribution in [2.24, 2.45) is 21.7 Å². The molecule has 0 atom stereocenters. The minimum absolute atomic E-state index is 0.0725. The monoisotopic (exact) mass is 656 g/mol. The Morgan fingerprint density at radius 2 is 0.935 bits per heavy atom. The van der Waals surface area contributed by atoms with Gasteiger partial charge in [0.15, 0.2) is 0 Å². The van der Waals surface area contributed by atoms with Crippen molar-refractivity contribution in [1.82, 2.24) is 9.80 Å². The van der Waals surface area contributed by atoms with E-state index in [0.717, 1.165) is 12.8 Å². The van der Waals surface area contributed by atoms with Crippen LogP contribution in [0.15, 0.2) is 0 Å². The van der Waals surface area contributed by atoms with Gasteiger partial charge in [-0.25, -0.2) is 0 Å². The van der Waals surface area contributed by atoms with Crippen molar-refractivity contribution < 1.29 is 42.9 Å². The highest BCUT2D eigenvalue weighted by Gasteiger charge is 2.32. The fourth-order valence-corrected chi connectivity index (χ4v) is 3.88. The van der Waals surface area contributed by atoms with Crippen molar-refractivity contribution in [2.75, 3.05) is 66.8 Å². The molecule has 0 aliphatic heterocycles. The van der Waals surface area contributed by atoms with Crippen molar-refractivity contribution in [1.29, 1.82) is 0 Å². The van der Waals surface area contributed by atoms with Gasteiger partial charge < -0.3 is 28.7 Å². The van der Waals surface area contributed by atoms with E-state index < -0.39 is 16.2 Å². The SMILES string of the molecule is CN(CCOC(=O)C(C)(C)C)C(=O)CCOCCC(C)(C)CCC(C)(C)C(=O)OCCN(C)C(=O)CCOCCC(=O)C(C)(C)C. The summed E-state index contributed by atoms with van der Waals surface area (Å²) in [7, 11) is 3.34. The number of ketones is 1. The molecule has 0 aromatic heterocycles. The van der Waals surface area contributed by atoms with E-state index in [1.807, 2.05) is 34.6 Å². The first-order valence-electron chi connectivity index (χ1n) is 16.5.